The van der Waals surface area contributed by atoms with Gasteiger partial charge in [-0.05, 0) is 38.0 Å². The molecule has 2 aromatic rings. The molecule has 0 radical (unpaired) electrons. The molecule has 0 atom stereocenters. The molecule has 0 spiro atoms. The predicted molar refractivity (Wildman–Crippen MR) is 96.5 cm³/mol. The van der Waals surface area contributed by atoms with Crippen LogP contribution in [0, 0.1) is 6.92 Å². The number of aryl methyl sites for hydroxylation is 1. The van der Waals surface area contributed by atoms with Crippen molar-refractivity contribution in [3.8, 4) is 0 Å². The largest absolute Gasteiger partial charge is 0.381 e. The summed E-state index contributed by atoms with van der Waals surface area (Å²) in [5, 5.41) is 5.94. The Morgan fingerprint density at radius 1 is 1.04 bits per heavy atom. The number of rotatable bonds is 4. The van der Waals surface area contributed by atoms with Gasteiger partial charge in [0, 0.05) is 17.3 Å². The van der Waals surface area contributed by atoms with Crippen molar-refractivity contribution < 1.29 is 13.2 Å². The van der Waals surface area contributed by atoms with Crippen molar-refractivity contribution in [1.29, 1.82) is 0 Å². The molecule has 25 heavy (non-hydrogen) atoms. The third-order valence-electron chi connectivity index (χ3n) is 4.38. The molecule has 4 rings (SSSR count). The number of carbonyl (C=O) groups excluding carboxylic acids is 1. The highest BCUT2D eigenvalue weighted by atomic mass is 32.2. The Bertz CT molecular complexity index is 988. The Hall–Kier alpha value is -2.60. The third-order valence-corrected chi connectivity index (χ3v) is 6.25. The van der Waals surface area contributed by atoms with E-state index >= 15 is 0 Å². The first-order valence-corrected chi connectivity index (χ1v) is 9.68. The van der Waals surface area contributed by atoms with Crippen LogP contribution >= 0.6 is 0 Å². The van der Waals surface area contributed by atoms with E-state index in [9.17, 15) is 13.2 Å². The molecule has 5 nitrogen and oxygen atoms in total. The van der Waals surface area contributed by atoms with Crippen LogP contribution in [-0.2, 0) is 14.6 Å². The fourth-order valence-corrected chi connectivity index (χ4v) is 4.58. The normalized spacial score (nSPS) is 18.0. The van der Waals surface area contributed by atoms with Crippen molar-refractivity contribution in [1.82, 2.24) is 5.32 Å². The van der Waals surface area contributed by atoms with E-state index in [0.29, 0.717) is 16.9 Å². The SMILES string of the molecule is Cc1ccc(NC(=O)C2=C(NC3CC3)c3ccccc3S2(=O)=O)cc1. The molecule has 1 aliphatic carbocycles. The van der Waals surface area contributed by atoms with Crippen molar-refractivity contribution in [2.45, 2.75) is 30.7 Å². The van der Waals surface area contributed by atoms with E-state index < -0.39 is 15.7 Å². The molecule has 1 heterocycles. The second kappa shape index (κ2) is 5.74. The second-order valence-electron chi connectivity index (χ2n) is 6.44. The first-order chi connectivity index (χ1) is 12.0. The summed E-state index contributed by atoms with van der Waals surface area (Å²) in [5.41, 5.74) is 2.63. The van der Waals surface area contributed by atoms with Crippen LogP contribution in [0.4, 0.5) is 5.69 Å². The van der Waals surface area contributed by atoms with Crippen LogP contribution in [0.5, 0.6) is 0 Å². The molecule has 6 heteroatoms. The third kappa shape index (κ3) is 2.82. The van der Waals surface area contributed by atoms with Crippen LogP contribution in [0.15, 0.2) is 58.3 Å². The summed E-state index contributed by atoms with van der Waals surface area (Å²) in [4.78, 5) is 12.8. The molecular weight excluding hydrogens is 336 g/mol. The first kappa shape index (κ1) is 15.9. The number of sulfone groups is 1. The summed E-state index contributed by atoms with van der Waals surface area (Å²) in [6, 6.07) is 14.2. The molecule has 0 aromatic heterocycles. The Labute approximate surface area is 146 Å². The van der Waals surface area contributed by atoms with E-state index in [4.69, 9.17) is 0 Å². The van der Waals surface area contributed by atoms with Crippen molar-refractivity contribution >= 4 is 27.1 Å². The van der Waals surface area contributed by atoms with E-state index in [1.165, 1.54) is 0 Å². The Kier molecular flexibility index (Phi) is 3.65. The number of amides is 1. The van der Waals surface area contributed by atoms with Gasteiger partial charge >= 0.3 is 0 Å². The summed E-state index contributed by atoms with van der Waals surface area (Å²) in [6.07, 6.45) is 1.97. The lowest BCUT2D eigenvalue weighted by Gasteiger charge is -2.10. The number of hydrogen-bond donors (Lipinski definition) is 2. The van der Waals surface area contributed by atoms with Crippen molar-refractivity contribution in [2.75, 3.05) is 5.32 Å². The molecule has 0 unspecified atom stereocenters. The van der Waals surface area contributed by atoms with Gasteiger partial charge in [0.15, 0.2) is 4.91 Å². The molecule has 1 fully saturated rings. The highest BCUT2D eigenvalue weighted by Gasteiger charge is 2.41. The zero-order valence-electron chi connectivity index (χ0n) is 13.7. The van der Waals surface area contributed by atoms with Gasteiger partial charge in [0.25, 0.3) is 5.91 Å². The number of anilines is 1. The highest BCUT2D eigenvalue weighted by Crippen LogP contribution is 2.39. The minimum absolute atomic E-state index is 0.187. The lowest BCUT2D eigenvalue weighted by molar-refractivity contribution is -0.112. The van der Waals surface area contributed by atoms with Gasteiger partial charge in [-0.25, -0.2) is 8.42 Å². The van der Waals surface area contributed by atoms with Gasteiger partial charge in [-0.3, -0.25) is 4.79 Å². The van der Waals surface area contributed by atoms with Gasteiger partial charge in [0.2, 0.25) is 9.84 Å². The number of carbonyl (C=O) groups is 1. The highest BCUT2D eigenvalue weighted by molar-refractivity contribution is 7.97. The van der Waals surface area contributed by atoms with Gasteiger partial charge in [-0.1, -0.05) is 35.9 Å². The van der Waals surface area contributed by atoms with Crippen LogP contribution in [0.25, 0.3) is 5.70 Å². The van der Waals surface area contributed by atoms with Crippen LogP contribution in [-0.4, -0.2) is 20.4 Å². The standard InChI is InChI=1S/C19H18N2O3S/c1-12-6-8-14(9-7-12)21-19(22)18-17(20-13-10-11-13)15-4-2-3-5-16(15)25(18,23)24/h2-9,13,20H,10-11H2,1H3,(H,21,22). The van der Waals surface area contributed by atoms with Gasteiger partial charge in [0.1, 0.15) is 0 Å². The van der Waals surface area contributed by atoms with E-state index in [1.54, 1.807) is 36.4 Å². The van der Waals surface area contributed by atoms with Crippen LogP contribution < -0.4 is 10.6 Å². The fourth-order valence-electron chi connectivity index (χ4n) is 2.91. The van der Waals surface area contributed by atoms with Crippen LogP contribution in [0.1, 0.15) is 24.0 Å². The second-order valence-corrected chi connectivity index (χ2v) is 8.30. The number of fused-ring (bicyclic) bond motifs is 1. The molecule has 2 aromatic carbocycles. The molecule has 0 bridgehead atoms. The van der Waals surface area contributed by atoms with Gasteiger partial charge in [-0.2, -0.15) is 0 Å². The van der Waals surface area contributed by atoms with Crippen molar-refractivity contribution in [3.63, 3.8) is 0 Å². The molecular formula is C19H18N2O3S. The topological polar surface area (TPSA) is 75.3 Å². The van der Waals surface area contributed by atoms with E-state index in [0.717, 1.165) is 18.4 Å². The first-order valence-electron chi connectivity index (χ1n) is 8.20. The van der Waals surface area contributed by atoms with E-state index in [1.807, 2.05) is 19.1 Å². The summed E-state index contributed by atoms with van der Waals surface area (Å²) in [7, 11) is -3.84. The average molecular weight is 354 g/mol. The predicted octanol–water partition coefficient (Wildman–Crippen LogP) is 2.84. The Morgan fingerprint density at radius 2 is 1.72 bits per heavy atom. The van der Waals surface area contributed by atoms with Gasteiger partial charge < -0.3 is 10.6 Å². The molecule has 2 aliphatic rings. The average Bonchev–Trinajstić information content (AvgIpc) is 3.36. The smallest absolute Gasteiger partial charge is 0.269 e. The zero-order valence-corrected chi connectivity index (χ0v) is 14.6. The number of nitrogens with one attached hydrogen (secondary N) is 2. The van der Waals surface area contributed by atoms with Gasteiger partial charge in [0.05, 0.1) is 10.6 Å². The van der Waals surface area contributed by atoms with Crippen LogP contribution in [0.3, 0.4) is 0 Å². The molecule has 128 valence electrons. The summed E-state index contributed by atoms with van der Waals surface area (Å²) < 4.78 is 25.8. The Morgan fingerprint density at radius 3 is 2.40 bits per heavy atom. The van der Waals surface area contributed by atoms with Crippen molar-refractivity contribution in [3.05, 3.63) is 64.6 Å². The minimum atomic E-state index is -3.84. The Balaban J connectivity index is 1.76. The molecule has 0 saturated heterocycles. The summed E-state index contributed by atoms with van der Waals surface area (Å²) in [6.45, 7) is 1.95. The van der Waals surface area contributed by atoms with E-state index in [2.05, 4.69) is 10.6 Å². The van der Waals surface area contributed by atoms with E-state index in [-0.39, 0.29) is 15.8 Å². The molecule has 1 aliphatic heterocycles. The van der Waals surface area contributed by atoms with Crippen LogP contribution in [0.2, 0.25) is 0 Å². The maximum Gasteiger partial charge on any atom is 0.269 e. The lowest BCUT2D eigenvalue weighted by Crippen LogP contribution is -2.23. The lowest BCUT2D eigenvalue weighted by atomic mass is 10.1. The quantitative estimate of drug-likeness (QED) is 0.885. The maximum atomic E-state index is 12.9. The zero-order chi connectivity index (χ0) is 17.6. The fraction of sp³-hybridized carbons (Fsp3) is 0.211. The van der Waals surface area contributed by atoms with Crippen molar-refractivity contribution in [2.24, 2.45) is 0 Å². The van der Waals surface area contributed by atoms with Gasteiger partial charge in [-0.15, -0.1) is 0 Å². The molecule has 2 N–H and O–H groups in total. The summed E-state index contributed by atoms with van der Waals surface area (Å²) >= 11 is 0. The molecule has 1 saturated carbocycles. The number of benzene rings is 2. The maximum absolute atomic E-state index is 12.9. The minimum Gasteiger partial charge on any atom is -0.381 e. The monoisotopic (exact) mass is 354 g/mol. The summed E-state index contributed by atoms with van der Waals surface area (Å²) in [5.74, 6) is -0.608. The molecule has 1 amide bonds. The number of hydrogen-bond acceptors (Lipinski definition) is 4.